The molecule has 0 aliphatic rings. The second-order valence-electron chi connectivity index (χ2n) is 4.39. The molecule has 0 bridgehead atoms. The summed E-state index contributed by atoms with van der Waals surface area (Å²) in [5, 5.41) is 3.35. The average molecular weight is 334 g/mol. The van der Waals surface area contributed by atoms with E-state index < -0.39 is 0 Å². The number of nitrogens with one attached hydrogen (secondary N) is 1. The van der Waals surface area contributed by atoms with Gasteiger partial charge in [0.25, 0.3) is 5.91 Å². The maximum atomic E-state index is 11.9. The first-order valence-corrected chi connectivity index (χ1v) is 7.06. The molecule has 3 nitrogen and oxygen atoms in total. The second-order valence-corrected chi connectivity index (χ2v) is 5.71. The third-order valence-electron chi connectivity index (χ3n) is 2.49. The van der Waals surface area contributed by atoms with Gasteiger partial charge in [-0.25, -0.2) is 0 Å². The average Bonchev–Trinajstić information content (AvgIpc) is 2.31. The van der Waals surface area contributed by atoms with Crippen LogP contribution in [-0.2, 0) is 0 Å². The third kappa shape index (κ3) is 5.38. The fourth-order valence-electron chi connectivity index (χ4n) is 1.52. The van der Waals surface area contributed by atoms with Crippen LogP contribution in [0.4, 0.5) is 0 Å². The SMILES string of the molecule is CN(C)CCCCNC(=O)c1cc(Br)ccc1Cl. The van der Waals surface area contributed by atoms with E-state index in [1.165, 1.54) is 0 Å². The molecular formula is C13H18BrClN2O. The van der Waals surface area contributed by atoms with Gasteiger partial charge in [-0.2, -0.15) is 0 Å². The van der Waals surface area contributed by atoms with Crippen LogP contribution in [-0.4, -0.2) is 38.0 Å². The van der Waals surface area contributed by atoms with Crippen LogP contribution in [0.1, 0.15) is 23.2 Å². The van der Waals surface area contributed by atoms with Gasteiger partial charge in [-0.05, 0) is 51.7 Å². The number of hydrogen-bond acceptors (Lipinski definition) is 2. The Bertz CT molecular complexity index is 410. The van der Waals surface area contributed by atoms with Crippen molar-refractivity contribution >= 4 is 33.4 Å². The first-order chi connectivity index (χ1) is 8.50. The number of unbranched alkanes of at least 4 members (excludes halogenated alkanes) is 1. The van der Waals surface area contributed by atoms with Gasteiger partial charge < -0.3 is 10.2 Å². The van der Waals surface area contributed by atoms with Gasteiger partial charge >= 0.3 is 0 Å². The zero-order chi connectivity index (χ0) is 13.5. The van der Waals surface area contributed by atoms with Crippen LogP contribution in [0.15, 0.2) is 22.7 Å². The molecule has 0 spiro atoms. The van der Waals surface area contributed by atoms with Crippen LogP contribution in [0.5, 0.6) is 0 Å². The van der Waals surface area contributed by atoms with Gasteiger partial charge in [0.1, 0.15) is 0 Å². The summed E-state index contributed by atoms with van der Waals surface area (Å²) in [5.41, 5.74) is 0.513. The van der Waals surface area contributed by atoms with Crippen molar-refractivity contribution in [2.45, 2.75) is 12.8 Å². The highest BCUT2D eigenvalue weighted by molar-refractivity contribution is 9.10. The van der Waals surface area contributed by atoms with Gasteiger partial charge in [-0.3, -0.25) is 4.79 Å². The minimum Gasteiger partial charge on any atom is -0.352 e. The lowest BCUT2D eigenvalue weighted by atomic mass is 10.2. The summed E-state index contributed by atoms with van der Waals surface area (Å²) in [6.07, 6.45) is 2.04. The number of benzene rings is 1. The summed E-state index contributed by atoms with van der Waals surface area (Å²) in [7, 11) is 4.08. The number of amides is 1. The molecule has 0 saturated carbocycles. The van der Waals surface area contributed by atoms with Gasteiger partial charge in [0.2, 0.25) is 0 Å². The number of halogens is 2. The lowest BCUT2D eigenvalue weighted by Crippen LogP contribution is -2.25. The molecule has 1 amide bonds. The number of rotatable bonds is 6. The van der Waals surface area contributed by atoms with Crippen LogP contribution in [0, 0.1) is 0 Å². The molecule has 1 aromatic carbocycles. The molecule has 0 radical (unpaired) electrons. The van der Waals surface area contributed by atoms with Gasteiger partial charge in [0, 0.05) is 11.0 Å². The molecule has 0 aromatic heterocycles. The topological polar surface area (TPSA) is 32.3 Å². The van der Waals surface area contributed by atoms with Gasteiger partial charge in [-0.15, -0.1) is 0 Å². The number of hydrogen-bond donors (Lipinski definition) is 1. The molecule has 1 N–H and O–H groups in total. The van der Waals surface area contributed by atoms with E-state index in [0.717, 1.165) is 23.9 Å². The van der Waals surface area contributed by atoms with Crippen LogP contribution in [0.2, 0.25) is 5.02 Å². The van der Waals surface area contributed by atoms with Gasteiger partial charge in [-0.1, -0.05) is 27.5 Å². The van der Waals surface area contributed by atoms with Gasteiger partial charge in [0.05, 0.1) is 10.6 Å². The minimum atomic E-state index is -0.119. The van der Waals surface area contributed by atoms with E-state index in [4.69, 9.17) is 11.6 Å². The molecule has 18 heavy (non-hydrogen) atoms. The standard InChI is InChI=1S/C13H18BrClN2O/c1-17(2)8-4-3-7-16-13(18)11-9-10(14)5-6-12(11)15/h5-6,9H,3-4,7-8H2,1-2H3,(H,16,18). The van der Waals surface area contributed by atoms with Crippen LogP contribution in [0.3, 0.4) is 0 Å². The van der Waals surface area contributed by atoms with E-state index in [1.54, 1.807) is 12.1 Å². The summed E-state index contributed by atoms with van der Waals surface area (Å²) in [5.74, 6) is -0.119. The third-order valence-corrected chi connectivity index (χ3v) is 3.31. The molecule has 0 unspecified atom stereocenters. The Morgan fingerprint density at radius 2 is 2.11 bits per heavy atom. The Balaban J connectivity index is 2.39. The molecule has 0 aliphatic carbocycles. The molecule has 0 saturated heterocycles. The van der Waals surface area contributed by atoms with Crippen molar-refractivity contribution in [3.8, 4) is 0 Å². The lowest BCUT2D eigenvalue weighted by molar-refractivity contribution is 0.0953. The van der Waals surface area contributed by atoms with Crippen LogP contribution < -0.4 is 5.32 Å². The fraction of sp³-hybridized carbons (Fsp3) is 0.462. The monoisotopic (exact) mass is 332 g/mol. The number of nitrogens with zero attached hydrogens (tertiary/aromatic N) is 1. The fourth-order valence-corrected chi connectivity index (χ4v) is 2.09. The molecule has 1 aromatic rings. The summed E-state index contributed by atoms with van der Waals surface area (Å²) in [6, 6.07) is 5.26. The van der Waals surface area contributed by atoms with E-state index in [0.29, 0.717) is 17.1 Å². The summed E-state index contributed by atoms with van der Waals surface area (Å²) in [4.78, 5) is 14.0. The van der Waals surface area contributed by atoms with Crippen molar-refractivity contribution in [3.63, 3.8) is 0 Å². The number of carbonyl (C=O) groups is 1. The van der Waals surface area contributed by atoms with Crippen molar-refractivity contribution < 1.29 is 4.79 Å². The predicted molar refractivity (Wildman–Crippen MR) is 79.3 cm³/mol. The lowest BCUT2D eigenvalue weighted by Gasteiger charge is -2.10. The Morgan fingerprint density at radius 3 is 2.78 bits per heavy atom. The molecule has 0 aliphatic heterocycles. The quantitative estimate of drug-likeness (QED) is 0.811. The summed E-state index contributed by atoms with van der Waals surface area (Å²) in [6.45, 7) is 1.71. The zero-order valence-corrected chi connectivity index (χ0v) is 13.0. The van der Waals surface area contributed by atoms with Crippen molar-refractivity contribution in [1.29, 1.82) is 0 Å². The van der Waals surface area contributed by atoms with E-state index >= 15 is 0 Å². The van der Waals surface area contributed by atoms with Crippen molar-refractivity contribution in [3.05, 3.63) is 33.3 Å². The maximum Gasteiger partial charge on any atom is 0.252 e. The van der Waals surface area contributed by atoms with Crippen molar-refractivity contribution in [2.75, 3.05) is 27.2 Å². The van der Waals surface area contributed by atoms with Crippen molar-refractivity contribution in [1.82, 2.24) is 10.2 Å². The highest BCUT2D eigenvalue weighted by Crippen LogP contribution is 2.20. The molecular weight excluding hydrogens is 316 g/mol. The molecule has 100 valence electrons. The Kier molecular flexibility index (Phi) is 6.68. The smallest absolute Gasteiger partial charge is 0.252 e. The van der Waals surface area contributed by atoms with Gasteiger partial charge in [0.15, 0.2) is 0 Å². The van der Waals surface area contributed by atoms with E-state index in [2.05, 4.69) is 26.1 Å². The van der Waals surface area contributed by atoms with Crippen molar-refractivity contribution in [2.24, 2.45) is 0 Å². The Labute approximate surface area is 122 Å². The highest BCUT2D eigenvalue weighted by atomic mass is 79.9. The van der Waals surface area contributed by atoms with E-state index in [9.17, 15) is 4.79 Å². The Hall–Kier alpha value is -0.580. The molecule has 0 heterocycles. The predicted octanol–water partition coefficient (Wildman–Crippen LogP) is 3.17. The van der Waals surface area contributed by atoms with E-state index in [1.807, 2.05) is 20.2 Å². The number of carbonyl (C=O) groups excluding carboxylic acids is 1. The first kappa shape index (κ1) is 15.5. The highest BCUT2D eigenvalue weighted by Gasteiger charge is 2.09. The minimum absolute atomic E-state index is 0.119. The molecule has 1 rings (SSSR count). The first-order valence-electron chi connectivity index (χ1n) is 5.88. The molecule has 0 atom stereocenters. The molecule has 0 fully saturated rings. The zero-order valence-electron chi connectivity index (χ0n) is 10.7. The molecule has 5 heteroatoms. The maximum absolute atomic E-state index is 11.9. The largest absolute Gasteiger partial charge is 0.352 e. The summed E-state index contributed by atoms with van der Waals surface area (Å²) < 4.78 is 0.852. The second kappa shape index (κ2) is 7.77. The summed E-state index contributed by atoms with van der Waals surface area (Å²) >= 11 is 9.31. The Morgan fingerprint density at radius 1 is 1.39 bits per heavy atom. The van der Waals surface area contributed by atoms with Crippen LogP contribution >= 0.6 is 27.5 Å². The van der Waals surface area contributed by atoms with Crippen LogP contribution in [0.25, 0.3) is 0 Å². The van der Waals surface area contributed by atoms with E-state index in [-0.39, 0.29) is 5.91 Å². The normalized spacial score (nSPS) is 10.7.